The van der Waals surface area contributed by atoms with E-state index in [2.05, 4.69) is 46.2 Å². The number of fused-ring (bicyclic) bond motifs is 1. The van der Waals surface area contributed by atoms with Crippen LogP contribution in [0.15, 0.2) is 30.6 Å². The van der Waals surface area contributed by atoms with Gasteiger partial charge in [0.2, 0.25) is 0 Å². The summed E-state index contributed by atoms with van der Waals surface area (Å²) in [7, 11) is 2.04. The molecule has 1 aromatic carbocycles. The Morgan fingerprint density at radius 2 is 2.05 bits per heavy atom. The van der Waals surface area contributed by atoms with Crippen LogP contribution in [-0.4, -0.2) is 14.1 Å². The van der Waals surface area contributed by atoms with Gasteiger partial charge in [-0.05, 0) is 37.1 Å². The molecule has 3 rings (SSSR count). The highest BCUT2D eigenvalue weighted by molar-refractivity contribution is 5.86. The smallest absolute Gasteiger partial charge is 0.110 e. The van der Waals surface area contributed by atoms with Crippen molar-refractivity contribution in [3.8, 4) is 0 Å². The maximum Gasteiger partial charge on any atom is 0.110 e. The molecule has 0 aliphatic carbocycles. The normalized spacial score (nSPS) is 11.4. The van der Waals surface area contributed by atoms with Gasteiger partial charge in [0.05, 0.1) is 0 Å². The minimum absolute atomic E-state index is 0.590. The zero-order chi connectivity index (χ0) is 15.0. The van der Waals surface area contributed by atoms with Crippen LogP contribution in [0.4, 0.5) is 0 Å². The summed E-state index contributed by atoms with van der Waals surface area (Å²) in [5.74, 6) is 1.12. The van der Waals surface area contributed by atoms with Crippen LogP contribution in [0.1, 0.15) is 22.6 Å². The highest BCUT2D eigenvalue weighted by atomic mass is 15.0. The molecule has 4 nitrogen and oxygen atoms in total. The first kappa shape index (κ1) is 13.9. The van der Waals surface area contributed by atoms with E-state index in [0.717, 1.165) is 18.8 Å². The van der Waals surface area contributed by atoms with Gasteiger partial charge in [-0.2, -0.15) is 0 Å². The average Bonchev–Trinajstić information content (AvgIpc) is 3.00. The van der Waals surface area contributed by atoms with E-state index in [-0.39, 0.29) is 0 Å². The van der Waals surface area contributed by atoms with E-state index in [9.17, 15) is 0 Å². The molecule has 110 valence electrons. The first-order valence-corrected chi connectivity index (χ1v) is 7.36. The van der Waals surface area contributed by atoms with E-state index in [1.807, 2.05) is 19.4 Å². The number of nitrogens with two attached hydrogens (primary N) is 1. The Kier molecular flexibility index (Phi) is 3.55. The van der Waals surface area contributed by atoms with Crippen molar-refractivity contribution in [3.63, 3.8) is 0 Å². The predicted octanol–water partition coefficient (Wildman–Crippen LogP) is 2.69. The third kappa shape index (κ3) is 2.36. The van der Waals surface area contributed by atoms with Gasteiger partial charge in [0.15, 0.2) is 0 Å². The van der Waals surface area contributed by atoms with Crippen LogP contribution in [0, 0.1) is 13.8 Å². The van der Waals surface area contributed by atoms with Crippen LogP contribution in [0.3, 0.4) is 0 Å². The molecule has 3 aromatic rings. The second-order valence-electron chi connectivity index (χ2n) is 5.62. The molecule has 4 heteroatoms. The molecule has 0 saturated carbocycles. The van der Waals surface area contributed by atoms with Crippen molar-refractivity contribution in [2.45, 2.75) is 33.4 Å². The number of nitrogens with zero attached hydrogens (tertiary/aromatic N) is 3. The molecule has 0 radical (unpaired) electrons. The standard InChI is InChI=1S/C17H22N4/c1-12-13(2)21(8-6-17-19-7-9-20(17)3)16-5-4-14(11-18)10-15(12)16/h4-5,7,9-10H,6,8,11,18H2,1-3H3. The number of aryl methyl sites for hydroxylation is 4. The largest absolute Gasteiger partial charge is 0.344 e. The molecule has 0 saturated heterocycles. The van der Waals surface area contributed by atoms with Crippen molar-refractivity contribution in [1.82, 2.24) is 14.1 Å². The predicted molar refractivity (Wildman–Crippen MR) is 86.2 cm³/mol. The van der Waals surface area contributed by atoms with Crippen LogP contribution < -0.4 is 5.73 Å². The molecule has 0 spiro atoms. The number of imidazole rings is 1. The lowest BCUT2D eigenvalue weighted by molar-refractivity contribution is 0.654. The molecule has 2 N–H and O–H groups in total. The molecule has 0 atom stereocenters. The molecule has 2 aromatic heterocycles. The molecule has 2 heterocycles. The van der Waals surface area contributed by atoms with Gasteiger partial charge in [-0.1, -0.05) is 6.07 Å². The molecular formula is C17H22N4. The van der Waals surface area contributed by atoms with E-state index >= 15 is 0 Å². The third-order valence-electron chi connectivity index (χ3n) is 4.42. The van der Waals surface area contributed by atoms with E-state index in [1.165, 1.54) is 27.7 Å². The fourth-order valence-electron chi connectivity index (χ4n) is 2.96. The lowest BCUT2D eigenvalue weighted by Gasteiger charge is -2.09. The molecule has 0 aliphatic rings. The third-order valence-corrected chi connectivity index (χ3v) is 4.42. The second kappa shape index (κ2) is 5.37. The minimum Gasteiger partial charge on any atom is -0.344 e. The van der Waals surface area contributed by atoms with Crippen molar-refractivity contribution < 1.29 is 0 Å². The van der Waals surface area contributed by atoms with E-state index < -0.39 is 0 Å². The summed E-state index contributed by atoms with van der Waals surface area (Å²) in [6, 6.07) is 6.53. The van der Waals surface area contributed by atoms with Gasteiger partial charge in [0, 0.05) is 55.5 Å². The maximum atomic E-state index is 5.76. The van der Waals surface area contributed by atoms with Crippen LogP contribution in [-0.2, 0) is 26.6 Å². The molecule has 0 aliphatic heterocycles. The van der Waals surface area contributed by atoms with Gasteiger partial charge in [0.25, 0.3) is 0 Å². The quantitative estimate of drug-likeness (QED) is 0.800. The van der Waals surface area contributed by atoms with Crippen molar-refractivity contribution in [2.75, 3.05) is 0 Å². The molecule has 0 unspecified atom stereocenters. The zero-order valence-electron chi connectivity index (χ0n) is 12.9. The number of hydrogen-bond acceptors (Lipinski definition) is 2. The van der Waals surface area contributed by atoms with Crippen molar-refractivity contribution in [3.05, 3.63) is 53.2 Å². The number of hydrogen-bond donors (Lipinski definition) is 1. The first-order chi connectivity index (χ1) is 10.1. The lowest BCUT2D eigenvalue weighted by atomic mass is 10.1. The van der Waals surface area contributed by atoms with Gasteiger partial charge >= 0.3 is 0 Å². The Balaban J connectivity index is 1.98. The van der Waals surface area contributed by atoms with Crippen LogP contribution in [0.25, 0.3) is 10.9 Å². The Hall–Kier alpha value is -2.07. The Bertz CT molecular complexity index is 780. The lowest BCUT2D eigenvalue weighted by Crippen LogP contribution is -2.07. The summed E-state index contributed by atoms with van der Waals surface area (Å²) >= 11 is 0. The second-order valence-corrected chi connectivity index (χ2v) is 5.62. The number of rotatable bonds is 4. The minimum atomic E-state index is 0.590. The Morgan fingerprint density at radius 3 is 2.71 bits per heavy atom. The molecular weight excluding hydrogens is 260 g/mol. The van der Waals surface area contributed by atoms with Gasteiger partial charge in [-0.25, -0.2) is 4.98 Å². The summed E-state index contributed by atoms with van der Waals surface area (Å²) in [6.07, 6.45) is 4.79. The monoisotopic (exact) mass is 282 g/mol. The summed E-state index contributed by atoms with van der Waals surface area (Å²) in [5, 5.41) is 1.32. The number of benzene rings is 1. The molecule has 0 bridgehead atoms. The fraction of sp³-hybridized carbons (Fsp3) is 0.353. The van der Waals surface area contributed by atoms with Gasteiger partial charge in [-0.15, -0.1) is 0 Å². The van der Waals surface area contributed by atoms with E-state index in [4.69, 9.17) is 5.73 Å². The van der Waals surface area contributed by atoms with Crippen molar-refractivity contribution >= 4 is 10.9 Å². The molecule has 21 heavy (non-hydrogen) atoms. The summed E-state index contributed by atoms with van der Waals surface area (Å²) in [6.45, 7) is 5.92. The highest BCUT2D eigenvalue weighted by Crippen LogP contribution is 2.26. The first-order valence-electron chi connectivity index (χ1n) is 7.36. The molecule has 0 amide bonds. The van der Waals surface area contributed by atoms with Crippen LogP contribution in [0.5, 0.6) is 0 Å². The van der Waals surface area contributed by atoms with Crippen molar-refractivity contribution in [2.24, 2.45) is 12.8 Å². The van der Waals surface area contributed by atoms with Crippen molar-refractivity contribution in [1.29, 1.82) is 0 Å². The Labute approximate surface area is 125 Å². The topological polar surface area (TPSA) is 48.8 Å². The van der Waals surface area contributed by atoms with Gasteiger partial charge in [0.1, 0.15) is 5.82 Å². The van der Waals surface area contributed by atoms with Crippen LogP contribution in [0.2, 0.25) is 0 Å². The average molecular weight is 282 g/mol. The SMILES string of the molecule is Cc1c(C)n(CCc2nccn2C)c2ccc(CN)cc12. The summed E-state index contributed by atoms with van der Waals surface area (Å²) in [5.41, 5.74) is 10.9. The highest BCUT2D eigenvalue weighted by Gasteiger charge is 2.12. The van der Waals surface area contributed by atoms with Crippen LogP contribution >= 0.6 is 0 Å². The van der Waals surface area contributed by atoms with Gasteiger partial charge in [-0.3, -0.25) is 0 Å². The van der Waals surface area contributed by atoms with Gasteiger partial charge < -0.3 is 14.9 Å². The number of aromatic nitrogens is 3. The maximum absolute atomic E-state index is 5.76. The Morgan fingerprint density at radius 1 is 1.24 bits per heavy atom. The fourth-order valence-corrected chi connectivity index (χ4v) is 2.96. The summed E-state index contributed by atoms with van der Waals surface area (Å²) < 4.78 is 4.47. The zero-order valence-corrected chi connectivity index (χ0v) is 12.9. The van der Waals surface area contributed by atoms with E-state index in [0.29, 0.717) is 6.54 Å². The molecule has 0 fully saturated rings. The summed E-state index contributed by atoms with van der Waals surface area (Å²) in [4.78, 5) is 4.41. The van der Waals surface area contributed by atoms with E-state index in [1.54, 1.807) is 0 Å².